The van der Waals surface area contributed by atoms with Gasteiger partial charge in [-0.15, -0.1) is 0 Å². The summed E-state index contributed by atoms with van der Waals surface area (Å²) in [4.78, 5) is 9.13. The number of nitrogens with two attached hydrogens (primary N) is 1. The maximum atomic E-state index is 11.6. The van der Waals surface area contributed by atoms with Crippen molar-refractivity contribution in [1.29, 1.82) is 0 Å². The maximum absolute atomic E-state index is 11.6. The Balaban J connectivity index is 1.56. The first-order chi connectivity index (χ1) is 14.8. The molecule has 162 valence electrons. The lowest BCUT2D eigenvalue weighted by Gasteiger charge is -2.45. The summed E-state index contributed by atoms with van der Waals surface area (Å²) in [5.41, 5.74) is 3.50. The van der Waals surface area contributed by atoms with Crippen molar-refractivity contribution in [2.24, 2.45) is 5.14 Å². The van der Waals surface area contributed by atoms with Gasteiger partial charge in [-0.2, -0.15) is 4.98 Å². The van der Waals surface area contributed by atoms with Crippen LogP contribution < -0.4 is 15.8 Å². The lowest BCUT2D eigenvalue weighted by molar-refractivity contribution is 0.213. The standard InChI is InChI=1S/C21H23ClN6O2S/c1-13-21(7-3-2-4-8-21)28-16(12-24-13)9-14-11-25-20(27-19(14)28)26-15-5-6-18(17(22)10-15)31(23,29)30/h5-6,9-11,24H,1-4,7-8,12H2,(H2,23,29,30)(H,25,26,27). The van der Waals surface area contributed by atoms with Gasteiger partial charge >= 0.3 is 0 Å². The minimum atomic E-state index is -3.88. The largest absolute Gasteiger partial charge is 0.381 e. The van der Waals surface area contributed by atoms with Crippen molar-refractivity contribution in [3.8, 4) is 0 Å². The van der Waals surface area contributed by atoms with Gasteiger partial charge < -0.3 is 15.2 Å². The zero-order valence-electron chi connectivity index (χ0n) is 16.9. The summed E-state index contributed by atoms with van der Waals surface area (Å²) in [6.45, 7) is 5.05. The number of rotatable bonds is 3. The van der Waals surface area contributed by atoms with Gasteiger partial charge in [-0.1, -0.05) is 37.4 Å². The Bertz CT molecular complexity index is 1310. The second-order valence-electron chi connectivity index (χ2n) is 8.18. The first kappa shape index (κ1) is 20.3. The number of nitrogens with one attached hydrogen (secondary N) is 2. The van der Waals surface area contributed by atoms with Crippen LogP contribution in [-0.2, 0) is 22.1 Å². The number of anilines is 2. The van der Waals surface area contributed by atoms with Crippen LogP contribution in [-0.4, -0.2) is 23.0 Å². The molecule has 10 heteroatoms. The van der Waals surface area contributed by atoms with Gasteiger partial charge in [-0.05, 0) is 37.1 Å². The fourth-order valence-corrected chi connectivity index (χ4v) is 5.90. The summed E-state index contributed by atoms with van der Waals surface area (Å²) in [7, 11) is -3.88. The lowest BCUT2D eigenvalue weighted by Crippen LogP contribution is -2.47. The minimum absolute atomic E-state index is 0.0391. The van der Waals surface area contributed by atoms with Crippen molar-refractivity contribution in [1.82, 2.24) is 19.9 Å². The van der Waals surface area contributed by atoms with Crippen molar-refractivity contribution in [2.45, 2.75) is 49.1 Å². The van der Waals surface area contributed by atoms with Crippen LogP contribution in [0.5, 0.6) is 0 Å². The van der Waals surface area contributed by atoms with E-state index in [9.17, 15) is 8.42 Å². The maximum Gasteiger partial charge on any atom is 0.239 e. The molecule has 2 aromatic heterocycles. The summed E-state index contributed by atoms with van der Waals surface area (Å²) >= 11 is 6.11. The molecule has 1 aromatic carbocycles. The number of hydrogen-bond donors (Lipinski definition) is 3. The fourth-order valence-electron chi connectivity index (χ4n) is 4.81. The van der Waals surface area contributed by atoms with Crippen molar-refractivity contribution < 1.29 is 8.42 Å². The number of primary sulfonamides is 1. The molecular formula is C21H23ClN6O2S. The average Bonchev–Trinajstić information content (AvgIpc) is 3.10. The number of fused-ring (bicyclic) bond motifs is 4. The highest BCUT2D eigenvalue weighted by atomic mass is 35.5. The minimum Gasteiger partial charge on any atom is -0.381 e. The number of halogens is 1. The number of benzene rings is 1. The molecule has 0 bridgehead atoms. The summed E-state index contributed by atoms with van der Waals surface area (Å²) in [5.74, 6) is 0.405. The molecule has 3 aromatic rings. The summed E-state index contributed by atoms with van der Waals surface area (Å²) in [5, 5.41) is 12.8. The average molecular weight is 459 g/mol. The first-order valence-electron chi connectivity index (χ1n) is 10.2. The summed E-state index contributed by atoms with van der Waals surface area (Å²) < 4.78 is 25.5. The third kappa shape index (κ3) is 3.37. The molecule has 1 fully saturated rings. The molecule has 2 aliphatic rings. The Morgan fingerprint density at radius 3 is 2.71 bits per heavy atom. The van der Waals surface area contributed by atoms with Crippen molar-refractivity contribution >= 4 is 44.3 Å². The van der Waals surface area contributed by atoms with E-state index in [0.29, 0.717) is 18.2 Å². The molecular weight excluding hydrogens is 436 g/mol. The van der Waals surface area contributed by atoms with Gasteiger partial charge in [-0.25, -0.2) is 18.5 Å². The van der Waals surface area contributed by atoms with Crippen LogP contribution in [0, 0.1) is 0 Å². The highest BCUT2D eigenvalue weighted by Gasteiger charge is 2.41. The smallest absolute Gasteiger partial charge is 0.239 e. The molecule has 3 heterocycles. The second kappa shape index (κ2) is 7.22. The van der Waals surface area contributed by atoms with Crippen molar-refractivity contribution in [3.63, 3.8) is 0 Å². The molecule has 8 nitrogen and oxygen atoms in total. The number of allylic oxidation sites excluding steroid dienone is 1. The second-order valence-corrected chi connectivity index (χ2v) is 10.1. The first-order valence-corrected chi connectivity index (χ1v) is 12.1. The fraction of sp³-hybridized carbons (Fsp3) is 0.333. The Hall–Kier alpha value is -2.62. The molecule has 5 rings (SSSR count). The van der Waals surface area contributed by atoms with E-state index in [4.69, 9.17) is 21.7 Å². The molecule has 1 spiro atoms. The van der Waals surface area contributed by atoms with Gasteiger partial charge in [0.15, 0.2) is 0 Å². The molecule has 0 amide bonds. The summed E-state index contributed by atoms with van der Waals surface area (Å²) in [6.07, 6.45) is 7.42. The van der Waals surface area contributed by atoms with Gasteiger partial charge in [0.25, 0.3) is 0 Å². The molecule has 0 radical (unpaired) electrons. The van der Waals surface area contributed by atoms with Gasteiger partial charge in [0.1, 0.15) is 10.5 Å². The van der Waals surface area contributed by atoms with E-state index in [1.54, 1.807) is 12.3 Å². The van der Waals surface area contributed by atoms with Gasteiger partial charge in [0, 0.05) is 28.7 Å². The zero-order chi connectivity index (χ0) is 21.8. The Morgan fingerprint density at radius 2 is 2.00 bits per heavy atom. The van der Waals surface area contributed by atoms with Crippen molar-refractivity contribution in [3.05, 3.63) is 53.5 Å². The highest BCUT2D eigenvalue weighted by Crippen LogP contribution is 2.44. The molecule has 1 saturated carbocycles. The van der Waals surface area contributed by atoms with E-state index in [-0.39, 0.29) is 15.5 Å². The Kier molecular flexibility index (Phi) is 4.72. The van der Waals surface area contributed by atoms with Crippen LogP contribution >= 0.6 is 11.6 Å². The Morgan fingerprint density at radius 1 is 1.23 bits per heavy atom. The van der Waals surface area contributed by atoms with E-state index in [0.717, 1.165) is 42.4 Å². The predicted molar refractivity (Wildman–Crippen MR) is 121 cm³/mol. The van der Waals surface area contributed by atoms with Crippen LogP contribution in [0.4, 0.5) is 11.6 Å². The van der Waals surface area contributed by atoms with Crippen LogP contribution in [0.3, 0.4) is 0 Å². The van der Waals surface area contributed by atoms with Crippen LogP contribution in [0.25, 0.3) is 11.0 Å². The lowest BCUT2D eigenvalue weighted by atomic mass is 9.78. The van der Waals surface area contributed by atoms with E-state index in [2.05, 4.69) is 32.8 Å². The van der Waals surface area contributed by atoms with Crippen molar-refractivity contribution in [2.75, 3.05) is 5.32 Å². The SMILES string of the molecule is C=C1NCc2cc3cnc(Nc4ccc(S(N)(=O)=O)c(Cl)c4)nc3n2C12CCCCC2. The molecule has 1 aliphatic carbocycles. The number of nitrogens with zero attached hydrogens (tertiary/aromatic N) is 3. The zero-order valence-corrected chi connectivity index (χ0v) is 18.4. The van der Waals surface area contributed by atoms with E-state index in [1.165, 1.54) is 24.2 Å². The monoisotopic (exact) mass is 458 g/mol. The van der Waals surface area contributed by atoms with Gasteiger partial charge in [0.05, 0.1) is 17.1 Å². The topological polar surface area (TPSA) is 115 Å². The van der Waals surface area contributed by atoms with E-state index < -0.39 is 10.0 Å². The van der Waals surface area contributed by atoms with E-state index in [1.807, 2.05) is 0 Å². The Labute approximate surface area is 185 Å². The molecule has 0 unspecified atom stereocenters. The van der Waals surface area contributed by atoms with Gasteiger partial charge in [-0.3, -0.25) is 0 Å². The highest BCUT2D eigenvalue weighted by molar-refractivity contribution is 7.89. The number of aromatic nitrogens is 3. The quantitative estimate of drug-likeness (QED) is 0.550. The summed E-state index contributed by atoms with van der Waals surface area (Å²) in [6, 6.07) is 6.58. The normalized spacial score (nSPS) is 18.1. The molecule has 4 N–H and O–H groups in total. The third-order valence-electron chi connectivity index (χ3n) is 6.26. The molecule has 1 aliphatic heterocycles. The number of sulfonamides is 1. The molecule has 0 atom stereocenters. The van der Waals surface area contributed by atoms with Crippen LogP contribution in [0.2, 0.25) is 5.02 Å². The molecule has 31 heavy (non-hydrogen) atoms. The van der Waals surface area contributed by atoms with Gasteiger partial charge in [0.2, 0.25) is 16.0 Å². The molecule has 0 saturated heterocycles. The predicted octanol–water partition coefficient (Wildman–Crippen LogP) is 3.75. The third-order valence-corrected chi connectivity index (χ3v) is 7.66. The number of hydrogen-bond acceptors (Lipinski definition) is 6. The van der Waals surface area contributed by atoms with Crippen LogP contribution in [0.15, 0.2) is 47.6 Å². The van der Waals surface area contributed by atoms with Crippen LogP contribution in [0.1, 0.15) is 37.8 Å². The van der Waals surface area contributed by atoms with E-state index >= 15 is 0 Å².